The summed E-state index contributed by atoms with van der Waals surface area (Å²) in [5, 5.41) is 1.19. The van der Waals surface area contributed by atoms with Crippen molar-refractivity contribution in [1.82, 2.24) is 0 Å². The Morgan fingerprint density at radius 1 is 1.11 bits per heavy atom. The Kier molecular flexibility index (Phi) is 4.05. The minimum atomic E-state index is 0.0306. The molecule has 0 amide bonds. The van der Waals surface area contributed by atoms with E-state index in [-0.39, 0.29) is 5.78 Å². The summed E-state index contributed by atoms with van der Waals surface area (Å²) in [5.41, 5.74) is 2.42. The van der Waals surface area contributed by atoms with Crippen LogP contribution in [0, 0.1) is 6.92 Å². The zero-order chi connectivity index (χ0) is 13.1. The highest BCUT2D eigenvalue weighted by molar-refractivity contribution is 6.32. The van der Waals surface area contributed by atoms with Crippen LogP contribution >= 0.6 is 23.2 Å². The van der Waals surface area contributed by atoms with E-state index in [4.69, 9.17) is 23.2 Å². The standard InChI is InChI=1S/C15H12Cl2O/c1-10-6-7-12(16)9-13(10)15(18)8-11-4-2-3-5-14(11)17/h2-7,9H,8H2,1H3. The van der Waals surface area contributed by atoms with Gasteiger partial charge >= 0.3 is 0 Å². The molecule has 0 aliphatic carbocycles. The normalized spacial score (nSPS) is 10.4. The van der Waals surface area contributed by atoms with E-state index in [0.29, 0.717) is 22.0 Å². The Morgan fingerprint density at radius 2 is 1.83 bits per heavy atom. The molecule has 0 heterocycles. The van der Waals surface area contributed by atoms with Gasteiger partial charge in [-0.2, -0.15) is 0 Å². The van der Waals surface area contributed by atoms with E-state index in [2.05, 4.69) is 0 Å². The Hall–Kier alpha value is -1.31. The van der Waals surface area contributed by atoms with Gasteiger partial charge in [0.05, 0.1) is 0 Å². The van der Waals surface area contributed by atoms with Crippen molar-refractivity contribution in [2.24, 2.45) is 0 Å². The van der Waals surface area contributed by atoms with Gasteiger partial charge in [0.2, 0.25) is 0 Å². The average molecular weight is 279 g/mol. The van der Waals surface area contributed by atoms with Gasteiger partial charge in [0.15, 0.2) is 5.78 Å². The average Bonchev–Trinajstić information content (AvgIpc) is 2.35. The molecule has 0 bridgehead atoms. The quantitative estimate of drug-likeness (QED) is 0.742. The number of hydrogen-bond donors (Lipinski definition) is 0. The molecule has 2 aromatic rings. The zero-order valence-electron chi connectivity index (χ0n) is 9.91. The number of Topliss-reactive ketones (excluding diaryl/α,β-unsaturated/α-hetero) is 1. The van der Waals surface area contributed by atoms with Crippen LogP contribution in [0.4, 0.5) is 0 Å². The lowest BCUT2D eigenvalue weighted by molar-refractivity contribution is 0.0992. The molecule has 0 atom stereocenters. The number of halogens is 2. The first-order chi connectivity index (χ1) is 8.58. The van der Waals surface area contributed by atoms with Crippen LogP contribution in [-0.2, 0) is 6.42 Å². The molecular weight excluding hydrogens is 267 g/mol. The summed E-state index contributed by atoms with van der Waals surface area (Å²) in [7, 11) is 0. The molecule has 0 radical (unpaired) electrons. The van der Waals surface area contributed by atoms with Crippen LogP contribution < -0.4 is 0 Å². The maximum absolute atomic E-state index is 12.2. The van der Waals surface area contributed by atoms with Crippen LogP contribution in [0.3, 0.4) is 0 Å². The molecule has 2 aromatic carbocycles. The van der Waals surface area contributed by atoms with Crippen LogP contribution in [-0.4, -0.2) is 5.78 Å². The fraction of sp³-hybridized carbons (Fsp3) is 0.133. The van der Waals surface area contributed by atoms with Gasteiger partial charge in [0.1, 0.15) is 0 Å². The van der Waals surface area contributed by atoms with Crippen molar-refractivity contribution in [2.75, 3.05) is 0 Å². The third kappa shape index (κ3) is 2.92. The van der Waals surface area contributed by atoms with Crippen LogP contribution in [0.2, 0.25) is 10.0 Å². The van der Waals surface area contributed by atoms with Gasteiger partial charge in [-0.15, -0.1) is 0 Å². The molecule has 18 heavy (non-hydrogen) atoms. The number of hydrogen-bond acceptors (Lipinski definition) is 1. The van der Waals surface area contributed by atoms with Gasteiger partial charge in [-0.25, -0.2) is 0 Å². The molecule has 0 saturated heterocycles. The Balaban J connectivity index is 2.28. The Morgan fingerprint density at radius 3 is 2.56 bits per heavy atom. The van der Waals surface area contributed by atoms with Crippen LogP contribution in [0.15, 0.2) is 42.5 Å². The molecule has 0 aliphatic rings. The number of benzene rings is 2. The minimum absolute atomic E-state index is 0.0306. The number of carbonyl (C=O) groups excluding carboxylic acids is 1. The van der Waals surface area contributed by atoms with Crippen LogP contribution in [0.5, 0.6) is 0 Å². The van der Waals surface area contributed by atoms with Crippen LogP contribution in [0.25, 0.3) is 0 Å². The van der Waals surface area contributed by atoms with Crippen LogP contribution in [0.1, 0.15) is 21.5 Å². The molecule has 0 N–H and O–H groups in total. The molecule has 3 heteroatoms. The summed E-state index contributed by atoms with van der Waals surface area (Å²) >= 11 is 12.0. The topological polar surface area (TPSA) is 17.1 Å². The van der Waals surface area contributed by atoms with Gasteiger partial charge in [-0.05, 0) is 36.2 Å². The number of carbonyl (C=O) groups is 1. The fourth-order valence-corrected chi connectivity index (χ4v) is 2.18. The van der Waals surface area contributed by atoms with Crippen molar-refractivity contribution in [2.45, 2.75) is 13.3 Å². The lowest BCUT2D eigenvalue weighted by Gasteiger charge is -2.07. The van der Waals surface area contributed by atoms with E-state index in [9.17, 15) is 4.79 Å². The summed E-state index contributed by atoms with van der Waals surface area (Å²) in [6, 6.07) is 12.7. The summed E-state index contributed by atoms with van der Waals surface area (Å²) in [5.74, 6) is 0.0306. The smallest absolute Gasteiger partial charge is 0.167 e. The first-order valence-corrected chi connectivity index (χ1v) is 6.36. The van der Waals surface area contributed by atoms with Gasteiger partial charge in [0.25, 0.3) is 0 Å². The predicted octanol–water partition coefficient (Wildman–Crippen LogP) is 4.73. The third-order valence-corrected chi connectivity index (χ3v) is 3.41. The highest BCUT2D eigenvalue weighted by Gasteiger charge is 2.12. The molecule has 92 valence electrons. The third-order valence-electron chi connectivity index (χ3n) is 2.81. The second kappa shape index (κ2) is 5.55. The Labute approximate surface area is 116 Å². The van der Waals surface area contributed by atoms with Crippen molar-refractivity contribution in [3.05, 3.63) is 69.2 Å². The first-order valence-electron chi connectivity index (χ1n) is 5.60. The SMILES string of the molecule is Cc1ccc(Cl)cc1C(=O)Cc1ccccc1Cl. The van der Waals surface area contributed by atoms with Gasteiger partial charge < -0.3 is 0 Å². The predicted molar refractivity (Wildman–Crippen MR) is 75.7 cm³/mol. The van der Waals surface area contributed by atoms with E-state index < -0.39 is 0 Å². The number of aryl methyl sites for hydroxylation is 1. The lowest BCUT2D eigenvalue weighted by atomic mass is 9.99. The van der Waals surface area contributed by atoms with E-state index in [1.165, 1.54) is 0 Å². The summed E-state index contributed by atoms with van der Waals surface area (Å²) in [6.45, 7) is 1.90. The Bertz CT molecular complexity index is 591. The van der Waals surface area contributed by atoms with Crippen molar-refractivity contribution in [3.8, 4) is 0 Å². The highest BCUT2D eigenvalue weighted by atomic mass is 35.5. The van der Waals surface area contributed by atoms with Gasteiger partial charge in [-0.3, -0.25) is 4.79 Å². The first kappa shape index (κ1) is 13.1. The zero-order valence-corrected chi connectivity index (χ0v) is 11.4. The molecule has 0 unspecified atom stereocenters. The summed E-state index contributed by atoms with van der Waals surface area (Å²) in [6.07, 6.45) is 0.293. The summed E-state index contributed by atoms with van der Waals surface area (Å²) in [4.78, 5) is 12.2. The molecule has 0 saturated carbocycles. The molecule has 0 aliphatic heterocycles. The van der Waals surface area contributed by atoms with Crippen molar-refractivity contribution < 1.29 is 4.79 Å². The van der Waals surface area contributed by atoms with Gasteiger partial charge in [-0.1, -0.05) is 47.5 Å². The lowest BCUT2D eigenvalue weighted by Crippen LogP contribution is -2.06. The number of ketones is 1. The minimum Gasteiger partial charge on any atom is -0.294 e. The molecule has 2 rings (SSSR count). The molecular formula is C15H12Cl2O. The molecule has 1 nitrogen and oxygen atoms in total. The van der Waals surface area contributed by atoms with E-state index in [1.54, 1.807) is 18.2 Å². The largest absolute Gasteiger partial charge is 0.294 e. The van der Waals surface area contributed by atoms with Crippen molar-refractivity contribution in [3.63, 3.8) is 0 Å². The second-order valence-electron chi connectivity index (χ2n) is 4.15. The second-order valence-corrected chi connectivity index (χ2v) is 4.99. The van der Waals surface area contributed by atoms with E-state index >= 15 is 0 Å². The van der Waals surface area contributed by atoms with Crippen molar-refractivity contribution in [1.29, 1.82) is 0 Å². The van der Waals surface area contributed by atoms with Gasteiger partial charge in [0, 0.05) is 22.0 Å². The highest BCUT2D eigenvalue weighted by Crippen LogP contribution is 2.20. The maximum Gasteiger partial charge on any atom is 0.167 e. The molecule has 0 fully saturated rings. The molecule has 0 aromatic heterocycles. The summed E-state index contributed by atoms with van der Waals surface area (Å²) < 4.78 is 0. The van der Waals surface area contributed by atoms with Crippen molar-refractivity contribution >= 4 is 29.0 Å². The van der Waals surface area contributed by atoms with E-state index in [1.807, 2.05) is 31.2 Å². The molecule has 0 spiro atoms. The number of rotatable bonds is 3. The monoisotopic (exact) mass is 278 g/mol. The van der Waals surface area contributed by atoms with E-state index in [0.717, 1.165) is 11.1 Å². The maximum atomic E-state index is 12.2. The fourth-order valence-electron chi connectivity index (χ4n) is 1.80.